The first-order valence-corrected chi connectivity index (χ1v) is 10.8. The van der Waals surface area contributed by atoms with Gasteiger partial charge in [-0.15, -0.1) is 0 Å². The summed E-state index contributed by atoms with van der Waals surface area (Å²) in [6.45, 7) is 2.71. The first-order valence-electron chi connectivity index (χ1n) is 9.47. The molecule has 1 aliphatic rings. The molecule has 1 saturated heterocycles. The van der Waals surface area contributed by atoms with Gasteiger partial charge in [0.05, 0.1) is 10.8 Å². The molecule has 1 atom stereocenters. The van der Waals surface area contributed by atoms with Gasteiger partial charge in [-0.2, -0.15) is 0 Å². The largest absolute Gasteiger partial charge is 0.371 e. The highest BCUT2D eigenvalue weighted by Crippen LogP contribution is 2.19. The second kappa shape index (κ2) is 10.1. The van der Waals surface area contributed by atoms with E-state index in [2.05, 4.69) is 50.9 Å². The van der Waals surface area contributed by atoms with Gasteiger partial charge in [-0.25, -0.2) is 0 Å². The molecule has 2 aromatic carbocycles. The monoisotopic (exact) mass is 384 g/mol. The number of nitrogens with zero attached hydrogens (tertiary/aromatic N) is 2. The predicted molar refractivity (Wildman–Crippen MR) is 114 cm³/mol. The Bertz CT molecular complexity index is 743. The third-order valence-corrected chi connectivity index (χ3v) is 6.14. The zero-order chi connectivity index (χ0) is 18.9. The van der Waals surface area contributed by atoms with Crippen LogP contribution in [0.4, 0.5) is 5.69 Å². The van der Waals surface area contributed by atoms with Crippen molar-refractivity contribution in [3.05, 3.63) is 60.7 Å². The molecule has 1 aliphatic heterocycles. The molecule has 2 aromatic rings. The Morgan fingerprint density at radius 3 is 2.33 bits per heavy atom. The van der Waals surface area contributed by atoms with Crippen LogP contribution in [0.2, 0.25) is 0 Å². The van der Waals surface area contributed by atoms with Gasteiger partial charge in [0.25, 0.3) is 0 Å². The van der Waals surface area contributed by atoms with Gasteiger partial charge in [-0.05, 0) is 37.1 Å². The Kier molecular flexibility index (Phi) is 7.27. The number of benzene rings is 2. The maximum Gasteiger partial charge on any atom is 0.191 e. The van der Waals surface area contributed by atoms with Crippen molar-refractivity contribution in [2.45, 2.75) is 23.8 Å². The minimum Gasteiger partial charge on any atom is -0.371 e. The van der Waals surface area contributed by atoms with E-state index >= 15 is 0 Å². The molecular formula is C21H28N4OS. The normalized spacial score (nSPS) is 16.8. The van der Waals surface area contributed by atoms with E-state index in [1.54, 1.807) is 7.05 Å². The molecule has 0 spiro atoms. The standard InChI is InChI=1S/C21H28N4OS/c1-22-21(23-14-17-27(26)20-10-6-3-7-11-20)24-18-12-15-25(16-13-18)19-8-4-2-5-9-19/h2-11,18H,12-17H2,1H3,(H2,22,23,24). The van der Waals surface area contributed by atoms with Crippen LogP contribution in [0.3, 0.4) is 0 Å². The molecule has 0 aliphatic carbocycles. The van der Waals surface area contributed by atoms with E-state index in [-0.39, 0.29) is 0 Å². The fraction of sp³-hybridized carbons (Fsp3) is 0.381. The summed E-state index contributed by atoms with van der Waals surface area (Å²) < 4.78 is 12.3. The molecule has 0 bridgehead atoms. The van der Waals surface area contributed by atoms with Crippen LogP contribution in [0.1, 0.15) is 12.8 Å². The molecule has 2 N–H and O–H groups in total. The second-order valence-corrected chi connectivity index (χ2v) is 8.17. The van der Waals surface area contributed by atoms with Crippen LogP contribution in [0, 0.1) is 0 Å². The Hall–Kier alpha value is -2.34. The van der Waals surface area contributed by atoms with Crippen LogP contribution in [0.5, 0.6) is 0 Å². The lowest BCUT2D eigenvalue weighted by Crippen LogP contribution is -2.49. The molecule has 6 heteroatoms. The minimum absolute atomic E-state index is 0.413. The number of anilines is 1. The lowest BCUT2D eigenvalue weighted by molar-refractivity contribution is 0.462. The first-order chi connectivity index (χ1) is 13.3. The van der Waals surface area contributed by atoms with E-state index < -0.39 is 10.8 Å². The van der Waals surface area contributed by atoms with Crippen molar-refractivity contribution in [2.24, 2.45) is 4.99 Å². The van der Waals surface area contributed by atoms with Crippen molar-refractivity contribution in [3.63, 3.8) is 0 Å². The van der Waals surface area contributed by atoms with Crippen molar-refractivity contribution >= 4 is 22.4 Å². The quantitative estimate of drug-likeness (QED) is 0.594. The number of hydrogen-bond donors (Lipinski definition) is 2. The van der Waals surface area contributed by atoms with Gasteiger partial charge >= 0.3 is 0 Å². The fourth-order valence-electron chi connectivity index (χ4n) is 3.26. The van der Waals surface area contributed by atoms with E-state index in [9.17, 15) is 4.21 Å². The van der Waals surface area contributed by atoms with Gasteiger partial charge < -0.3 is 15.5 Å². The Labute approximate surface area is 164 Å². The number of nitrogens with one attached hydrogen (secondary N) is 2. The lowest BCUT2D eigenvalue weighted by Gasteiger charge is -2.34. The van der Waals surface area contributed by atoms with Gasteiger partial charge in [0, 0.05) is 49.1 Å². The third kappa shape index (κ3) is 5.82. The summed E-state index contributed by atoms with van der Waals surface area (Å²) in [6.07, 6.45) is 2.15. The van der Waals surface area contributed by atoms with E-state index in [0.29, 0.717) is 18.3 Å². The molecule has 1 heterocycles. The molecule has 144 valence electrons. The zero-order valence-corrected chi connectivity index (χ0v) is 16.6. The molecule has 0 radical (unpaired) electrons. The average Bonchev–Trinajstić information content (AvgIpc) is 2.74. The Balaban J connectivity index is 1.40. The maximum atomic E-state index is 12.3. The van der Waals surface area contributed by atoms with Gasteiger partial charge in [0.15, 0.2) is 5.96 Å². The van der Waals surface area contributed by atoms with Crippen LogP contribution in [0.25, 0.3) is 0 Å². The predicted octanol–water partition coefficient (Wildman–Crippen LogP) is 2.63. The van der Waals surface area contributed by atoms with E-state index in [1.807, 2.05) is 30.3 Å². The molecule has 1 unspecified atom stereocenters. The zero-order valence-electron chi connectivity index (χ0n) is 15.8. The molecule has 3 rings (SSSR count). The SMILES string of the molecule is CN=C(NCCS(=O)c1ccccc1)NC1CCN(c2ccccc2)CC1. The maximum absolute atomic E-state index is 12.3. The van der Waals surface area contributed by atoms with Crippen molar-refractivity contribution < 1.29 is 4.21 Å². The van der Waals surface area contributed by atoms with Gasteiger partial charge in [-0.3, -0.25) is 9.20 Å². The summed E-state index contributed by atoms with van der Waals surface area (Å²) in [5.74, 6) is 1.36. The van der Waals surface area contributed by atoms with Gasteiger partial charge in [-0.1, -0.05) is 36.4 Å². The minimum atomic E-state index is -0.986. The summed E-state index contributed by atoms with van der Waals surface area (Å²) in [5.41, 5.74) is 1.29. The van der Waals surface area contributed by atoms with Crippen LogP contribution < -0.4 is 15.5 Å². The highest BCUT2D eigenvalue weighted by Gasteiger charge is 2.20. The number of guanidine groups is 1. The summed E-state index contributed by atoms with van der Waals surface area (Å²) in [5, 5.41) is 6.80. The molecule has 27 heavy (non-hydrogen) atoms. The number of rotatable bonds is 6. The van der Waals surface area contributed by atoms with E-state index in [0.717, 1.165) is 36.8 Å². The molecule has 1 fully saturated rings. The summed E-state index contributed by atoms with van der Waals surface area (Å²) in [4.78, 5) is 7.61. The average molecular weight is 385 g/mol. The summed E-state index contributed by atoms with van der Waals surface area (Å²) in [6, 6.07) is 20.6. The van der Waals surface area contributed by atoms with Crippen molar-refractivity contribution in [1.82, 2.24) is 10.6 Å². The van der Waals surface area contributed by atoms with Crippen molar-refractivity contribution in [2.75, 3.05) is 37.3 Å². The number of hydrogen-bond acceptors (Lipinski definition) is 3. The molecule has 0 amide bonds. The molecular weight excluding hydrogens is 356 g/mol. The van der Waals surface area contributed by atoms with E-state index in [4.69, 9.17) is 0 Å². The smallest absolute Gasteiger partial charge is 0.191 e. The molecule has 0 aromatic heterocycles. The number of para-hydroxylation sites is 1. The topological polar surface area (TPSA) is 56.7 Å². The van der Waals surface area contributed by atoms with E-state index in [1.165, 1.54) is 5.69 Å². The first kappa shape index (κ1) is 19.4. The second-order valence-electron chi connectivity index (χ2n) is 6.60. The van der Waals surface area contributed by atoms with Crippen molar-refractivity contribution in [1.29, 1.82) is 0 Å². The van der Waals surface area contributed by atoms with Crippen LogP contribution in [-0.2, 0) is 10.8 Å². The fourth-order valence-corrected chi connectivity index (χ4v) is 4.24. The van der Waals surface area contributed by atoms with Gasteiger partial charge in [0.2, 0.25) is 0 Å². The number of piperidine rings is 1. The Morgan fingerprint density at radius 1 is 1.07 bits per heavy atom. The third-order valence-electron chi connectivity index (χ3n) is 4.77. The molecule has 5 nitrogen and oxygen atoms in total. The van der Waals surface area contributed by atoms with Gasteiger partial charge in [0.1, 0.15) is 0 Å². The highest BCUT2D eigenvalue weighted by molar-refractivity contribution is 7.85. The Morgan fingerprint density at radius 2 is 1.70 bits per heavy atom. The highest BCUT2D eigenvalue weighted by atomic mass is 32.2. The van der Waals surface area contributed by atoms with Crippen LogP contribution in [-0.4, -0.2) is 48.6 Å². The summed E-state index contributed by atoms with van der Waals surface area (Å²) >= 11 is 0. The van der Waals surface area contributed by atoms with Crippen LogP contribution >= 0.6 is 0 Å². The molecule has 0 saturated carbocycles. The number of aliphatic imine (C=N–C) groups is 1. The summed E-state index contributed by atoms with van der Waals surface area (Å²) in [7, 11) is 0.794. The van der Waals surface area contributed by atoms with Crippen molar-refractivity contribution in [3.8, 4) is 0 Å². The lowest BCUT2D eigenvalue weighted by atomic mass is 10.0. The van der Waals surface area contributed by atoms with Crippen LogP contribution in [0.15, 0.2) is 70.6 Å².